The normalized spacial score (nSPS) is 13.1. The largest absolute Gasteiger partial charge is 0.466 e. The molecule has 3 rings (SSSR count). The van der Waals surface area contributed by atoms with Crippen LogP contribution in [0.2, 0.25) is 5.02 Å². The van der Waals surface area contributed by atoms with Gasteiger partial charge in [-0.05, 0) is 56.0 Å². The van der Waals surface area contributed by atoms with Gasteiger partial charge in [-0.3, -0.25) is 14.7 Å². The number of nitrogens with zero attached hydrogens (tertiary/aromatic N) is 2. The quantitative estimate of drug-likeness (QED) is 0.228. The number of aromatic amines is 1. The molecule has 0 bridgehead atoms. The number of carbonyl (C=O) groups excluding carboxylic acids is 2. The molecule has 0 aliphatic rings. The van der Waals surface area contributed by atoms with Crippen LogP contribution in [-0.2, 0) is 26.9 Å². The first-order valence-corrected chi connectivity index (χ1v) is 12.5. The number of aromatic nitrogens is 3. The van der Waals surface area contributed by atoms with Gasteiger partial charge in [0.1, 0.15) is 5.82 Å². The van der Waals surface area contributed by atoms with E-state index in [0.29, 0.717) is 28.3 Å². The van der Waals surface area contributed by atoms with Crippen LogP contribution in [0, 0.1) is 11.7 Å². The minimum Gasteiger partial charge on any atom is -0.466 e. The molecule has 0 fully saturated rings. The highest BCUT2D eigenvalue weighted by molar-refractivity contribution is 6.30. The van der Waals surface area contributed by atoms with Crippen molar-refractivity contribution in [2.45, 2.75) is 38.9 Å². The number of esters is 1. The number of alkyl halides is 3. The van der Waals surface area contributed by atoms with E-state index in [1.807, 2.05) is 0 Å². The first-order chi connectivity index (χ1) is 18.5. The van der Waals surface area contributed by atoms with Crippen molar-refractivity contribution in [2.24, 2.45) is 5.92 Å². The van der Waals surface area contributed by atoms with Crippen LogP contribution in [-0.4, -0.2) is 52.9 Å². The van der Waals surface area contributed by atoms with Gasteiger partial charge < -0.3 is 14.8 Å². The zero-order valence-corrected chi connectivity index (χ0v) is 21.9. The van der Waals surface area contributed by atoms with Gasteiger partial charge >= 0.3 is 12.1 Å². The Bertz CT molecular complexity index is 1270. The highest BCUT2D eigenvalue weighted by Crippen LogP contribution is 2.27. The molecule has 0 aliphatic carbocycles. The molecule has 3 aromatic rings. The number of benzene rings is 2. The highest BCUT2D eigenvalue weighted by Gasteiger charge is 2.36. The maximum Gasteiger partial charge on any atom is 0.451 e. The molecule has 13 heteroatoms. The van der Waals surface area contributed by atoms with E-state index in [0.717, 1.165) is 0 Å². The predicted molar refractivity (Wildman–Crippen MR) is 134 cm³/mol. The zero-order valence-electron chi connectivity index (χ0n) is 21.1. The third-order valence-electron chi connectivity index (χ3n) is 5.68. The van der Waals surface area contributed by atoms with Gasteiger partial charge in [0.2, 0.25) is 11.6 Å². The van der Waals surface area contributed by atoms with Gasteiger partial charge in [-0.2, -0.15) is 18.2 Å². The molecule has 0 saturated carbocycles. The second-order valence-electron chi connectivity index (χ2n) is 8.55. The molecule has 0 aliphatic heterocycles. The molecule has 8 nitrogen and oxygen atoms in total. The highest BCUT2D eigenvalue weighted by atomic mass is 35.5. The van der Waals surface area contributed by atoms with Gasteiger partial charge in [0.15, 0.2) is 0 Å². The zero-order chi connectivity index (χ0) is 28.6. The van der Waals surface area contributed by atoms with Crippen molar-refractivity contribution in [3.05, 3.63) is 70.5 Å². The van der Waals surface area contributed by atoms with Crippen LogP contribution in [0.4, 0.5) is 17.6 Å². The number of rotatable bonds is 12. The van der Waals surface area contributed by atoms with Crippen LogP contribution in [0.5, 0.6) is 0 Å². The maximum atomic E-state index is 14.3. The average Bonchev–Trinajstić information content (AvgIpc) is 3.40. The number of hydrogen-bond acceptors (Lipinski definition) is 6. The minimum absolute atomic E-state index is 0.0214. The Morgan fingerprint density at radius 3 is 2.44 bits per heavy atom. The molecule has 2 aromatic carbocycles. The van der Waals surface area contributed by atoms with Crippen LogP contribution in [0.3, 0.4) is 0 Å². The minimum atomic E-state index is -4.80. The van der Waals surface area contributed by atoms with E-state index in [4.69, 9.17) is 21.1 Å². The SMILES string of the molecule is CCOCC(CC(Cc1ccc(-c2cc(Cl)ccc2F)cc1)NC(=O)c1n[nH]c(C(F)(F)F)n1)C(=O)OCC. The summed E-state index contributed by atoms with van der Waals surface area (Å²) in [5.74, 6) is -4.80. The standard InChI is InChI=1S/C26H27ClF4N4O4/c1-3-38-14-17(24(37)39-4-2)12-19(32-23(36)22-33-25(35-34-22)26(29,30)31)11-15-5-7-16(8-6-15)20-13-18(27)9-10-21(20)28/h5-10,13,17,19H,3-4,11-12,14H2,1-2H3,(H,32,36)(H,33,34,35). The Morgan fingerprint density at radius 1 is 1.10 bits per heavy atom. The lowest BCUT2D eigenvalue weighted by Gasteiger charge is -2.23. The summed E-state index contributed by atoms with van der Waals surface area (Å²) < 4.78 is 63.6. The molecule has 2 atom stereocenters. The summed E-state index contributed by atoms with van der Waals surface area (Å²) in [7, 11) is 0. The fraction of sp³-hybridized carbons (Fsp3) is 0.385. The molecule has 0 radical (unpaired) electrons. The molecule has 210 valence electrons. The Hall–Kier alpha value is -3.51. The van der Waals surface area contributed by atoms with Crippen molar-refractivity contribution in [3.8, 4) is 11.1 Å². The van der Waals surface area contributed by atoms with Crippen LogP contribution >= 0.6 is 11.6 Å². The molecule has 0 spiro atoms. The molecule has 2 N–H and O–H groups in total. The molecule has 1 heterocycles. The van der Waals surface area contributed by atoms with E-state index >= 15 is 0 Å². The van der Waals surface area contributed by atoms with Crippen molar-refractivity contribution in [1.29, 1.82) is 0 Å². The van der Waals surface area contributed by atoms with Crippen molar-refractivity contribution in [2.75, 3.05) is 19.8 Å². The van der Waals surface area contributed by atoms with E-state index in [1.165, 1.54) is 18.2 Å². The molecule has 39 heavy (non-hydrogen) atoms. The first-order valence-electron chi connectivity index (χ1n) is 12.1. The van der Waals surface area contributed by atoms with E-state index in [-0.39, 0.29) is 26.1 Å². The van der Waals surface area contributed by atoms with Crippen LogP contribution in [0.1, 0.15) is 42.3 Å². The summed E-state index contributed by atoms with van der Waals surface area (Å²) in [5.41, 5.74) is 1.58. The maximum absolute atomic E-state index is 14.3. The molecule has 0 saturated heterocycles. The fourth-order valence-corrected chi connectivity index (χ4v) is 4.03. The van der Waals surface area contributed by atoms with Gasteiger partial charge in [0.25, 0.3) is 5.91 Å². The van der Waals surface area contributed by atoms with E-state index in [9.17, 15) is 27.2 Å². The van der Waals surface area contributed by atoms with Gasteiger partial charge in [-0.15, -0.1) is 5.10 Å². The lowest BCUT2D eigenvalue weighted by atomic mass is 9.94. The molecule has 1 amide bonds. The molecule has 1 aromatic heterocycles. The van der Waals surface area contributed by atoms with E-state index in [1.54, 1.807) is 43.2 Å². The van der Waals surface area contributed by atoms with Crippen LogP contribution in [0.15, 0.2) is 42.5 Å². The van der Waals surface area contributed by atoms with Gasteiger partial charge in [0.05, 0.1) is 19.1 Å². The monoisotopic (exact) mass is 570 g/mol. The molecule has 2 unspecified atom stereocenters. The van der Waals surface area contributed by atoms with Gasteiger partial charge in [-0.25, -0.2) is 4.39 Å². The number of amides is 1. The number of carbonyl (C=O) groups is 2. The lowest BCUT2D eigenvalue weighted by molar-refractivity contribution is -0.150. The van der Waals surface area contributed by atoms with E-state index in [2.05, 4.69) is 15.4 Å². The average molecular weight is 571 g/mol. The smallest absolute Gasteiger partial charge is 0.451 e. The summed E-state index contributed by atoms with van der Waals surface area (Å²) in [6, 6.07) is 10.2. The fourth-order valence-electron chi connectivity index (χ4n) is 3.85. The number of H-pyrrole nitrogens is 1. The molecular weight excluding hydrogens is 544 g/mol. The Kier molecular flexibility index (Phi) is 10.4. The number of nitrogens with one attached hydrogen (secondary N) is 2. The summed E-state index contributed by atoms with van der Waals surface area (Å²) in [6.07, 6.45) is -4.56. The predicted octanol–water partition coefficient (Wildman–Crippen LogP) is 5.23. The van der Waals surface area contributed by atoms with Crippen LogP contribution in [0.25, 0.3) is 11.1 Å². The van der Waals surface area contributed by atoms with Gasteiger partial charge in [-0.1, -0.05) is 35.9 Å². The van der Waals surface area contributed by atoms with Crippen molar-refractivity contribution < 1.29 is 36.6 Å². The summed E-state index contributed by atoms with van der Waals surface area (Å²) in [4.78, 5) is 28.5. The second-order valence-corrected chi connectivity index (χ2v) is 8.98. The topological polar surface area (TPSA) is 106 Å². The van der Waals surface area contributed by atoms with Crippen molar-refractivity contribution in [3.63, 3.8) is 0 Å². The van der Waals surface area contributed by atoms with Crippen molar-refractivity contribution in [1.82, 2.24) is 20.5 Å². The second kappa shape index (κ2) is 13.5. The summed E-state index contributed by atoms with van der Waals surface area (Å²) in [6.45, 7) is 3.91. The van der Waals surface area contributed by atoms with E-state index < -0.39 is 47.5 Å². The summed E-state index contributed by atoms with van der Waals surface area (Å²) in [5, 5.41) is 8.06. The third-order valence-corrected chi connectivity index (χ3v) is 5.91. The van der Waals surface area contributed by atoms with Crippen molar-refractivity contribution >= 4 is 23.5 Å². The Morgan fingerprint density at radius 2 is 1.82 bits per heavy atom. The Balaban J connectivity index is 1.84. The van der Waals surface area contributed by atoms with Gasteiger partial charge in [0, 0.05) is 23.2 Å². The Labute approximate surface area is 227 Å². The summed E-state index contributed by atoms with van der Waals surface area (Å²) >= 11 is 6.00. The molecular formula is C26H27ClF4N4O4. The number of hydrogen-bond donors (Lipinski definition) is 2. The number of ether oxygens (including phenoxy) is 2. The lowest BCUT2D eigenvalue weighted by Crippen LogP contribution is -2.40. The third kappa shape index (κ3) is 8.49. The van der Waals surface area contributed by atoms with Crippen LogP contribution < -0.4 is 5.32 Å². The first kappa shape index (κ1) is 30.0. The number of halogens is 5.